The molecule has 0 N–H and O–H groups in total. The van der Waals surface area contributed by atoms with Crippen molar-refractivity contribution < 1.29 is 0 Å². The molecule has 240 valence electrons. The predicted octanol–water partition coefficient (Wildman–Crippen LogP) is 13.5. The van der Waals surface area contributed by atoms with Gasteiger partial charge in [0.1, 0.15) is 0 Å². The number of nitrogens with zero attached hydrogens (tertiary/aromatic N) is 2. The summed E-state index contributed by atoms with van der Waals surface area (Å²) in [6, 6.07) is 53.9. The van der Waals surface area contributed by atoms with Gasteiger partial charge >= 0.3 is 0 Å². The summed E-state index contributed by atoms with van der Waals surface area (Å²) in [4.78, 5) is 2.54. The highest BCUT2D eigenvalue weighted by atomic mass is 32.1. The Morgan fingerprint density at radius 3 is 2.10 bits per heavy atom. The molecule has 0 amide bonds. The maximum Gasteiger partial charge on any atom is 0.0640 e. The Morgan fingerprint density at radius 2 is 1.26 bits per heavy atom. The van der Waals surface area contributed by atoms with Gasteiger partial charge in [0.25, 0.3) is 0 Å². The van der Waals surface area contributed by atoms with Crippen LogP contribution in [0.2, 0.25) is 0 Å². The van der Waals surface area contributed by atoms with Gasteiger partial charge in [-0.1, -0.05) is 117 Å². The molecule has 0 saturated carbocycles. The highest BCUT2D eigenvalue weighted by Crippen LogP contribution is 2.58. The SMILES string of the molecule is Cc1ccccc1-c1c(C)ccc2c1N(c1ccccc1)c1ccc3c(c1C2(C)C)c1ccccc1n3-c1cccc2c1sc1ccccc12. The lowest BCUT2D eigenvalue weighted by atomic mass is 9.70. The van der Waals surface area contributed by atoms with Gasteiger partial charge < -0.3 is 9.47 Å². The van der Waals surface area contributed by atoms with Crippen molar-refractivity contribution in [1.29, 1.82) is 0 Å². The second-order valence-electron chi connectivity index (χ2n) is 14.2. The first-order valence-electron chi connectivity index (χ1n) is 17.5. The minimum absolute atomic E-state index is 0.292. The van der Waals surface area contributed by atoms with E-state index in [2.05, 4.69) is 183 Å². The molecule has 0 bridgehead atoms. The molecule has 10 rings (SSSR count). The normalized spacial score (nSPS) is 13.7. The Balaban J connectivity index is 1.34. The molecule has 9 aromatic rings. The van der Waals surface area contributed by atoms with Gasteiger partial charge in [-0.15, -0.1) is 11.3 Å². The summed E-state index contributed by atoms with van der Waals surface area (Å²) in [5.41, 5.74) is 15.0. The van der Waals surface area contributed by atoms with Gasteiger partial charge in [0.15, 0.2) is 0 Å². The zero-order chi connectivity index (χ0) is 33.7. The zero-order valence-electron chi connectivity index (χ0n) is 28.7. The standard InChI is InChI=1S/C47H36N2S/c1-29-15-8-9-18-32(29)42-30(2)25-26-36-45(42)48(31-16-6-5-7-17-31)39-28-27-38-43(44(39)47(36,3)4)35-20-10-12-22-37(35)49(38)40-23-14-21-34-33-19-11-13-24-41(33)50-46(34)40/h5-28H,1-4H3. The van der Waals surface area contributed by atoms with Gasteiger partial charge in [0, 0.05) is 42.9 Å². The average molecular weight is 661 g/mol. The third-order valence-electron chi connectivity index (χ3n) is 11.0. The van der Waals surface area contributed by atoms with Crippen LogP contribution in [0.25, 0.3) is 58.8 Å². The van der Waals surface area contributed by atoms with Crippen LogP contribution in [0, 0.1) is 13.8 Å². The number of hydrogen-bond donors (Lipinski definition) is 0. The third kappa shape index (κ3) is 3.95. The van der Waals surface area contributed by atoms with E-state index in [4.69, 9.17) is 0 Å². The number of aromatic nitrogens is 1. The van der Waals surface area contributed by atoms with Crippen molar-refractivity contribution in [2.24, 2.45) is 0 Å². The highest BCUT2D eigenvalue weighted by Gasteiger charge is 2.41. The molecule has 1 aliphatic rings. The Bertz CT molecular complexity index is 2820. The number of anilines is 3. The van der Waals surface area contributed by atoms with Crippen LogP contribution < -0.4 is 4.90 Å². The first kappa shape index (κ1) is 29.3. The molecular formula is C47H36N2S. The van der Waals surface area contributed by atoms with Gasteiger partial charge in [0.2, 0.25) is 0 Å². The minimum Gasteiger partial charge on any atom is -0.309 e. The van der Waals surface area contributed by atoms with Crippen molar-refractivity contribution in [3.05, 3.63) is 168 Å². The lowest BCUT2D eigenvalue weighted by molar-refractivity contribution is 0.638. The van der Waals surface area contributed by atoms with Crippen LogP contribution >= 0.6 is 11.3 Å². The van der Waals surface area contributed by atoms with Gasteiger partial charge in [-0.25, -0.2) is 0 Å². The molecule has 3 heteroatoms. The molecule has 0 atom stereocenters. The van der Waals surface area contributed by atoms with E-state index >= 15 is 0 Å². The number of aryl methyl sites for hydroxylation is 2. The fraction of sp³-hybridized carbons (Fsp3) is 0.106. The number of benzene rings is 7. The molecular weight excluding hydrogens is 625 g/mol. The van der Waals surface area contributed by atoms with Crippen molar-refractivity contribution in [2.45, 2.75) is 33.1 Å². The van der Waals surface area contributed by atoms with Crippen molar-refractivity contribution in [3.8, 4) is 16.8 Å². The molecule has 2 nitrogen and oxygen atoms in total. The summed E-state index contributed by atoms with van der Waals surface area (Å²) < 4.78 is 5.17. The quantitative estimate of drug-likeness (QED) is 0.183. The molecule has 50 heavy (non-hydrogen) atoms. The molecule has 0 aliphatic carbocycles. The zero-order valence-corrected chi connectivity index (χ0v) is 29.5. The van der Waals surface area contributed by atoms with Crippen LogP contribution in [0.3, 0.4) is 0 Å². The van der Waals surface area contributed by atoms with Crippen molar-refractivity contribution in [3.63, 3.8) is 0 Å². The lowest BCUT2D eigenvalue weighted by Crippen LogP contribution is -2.31. The molecule has 2 aromatic heterocycles. The van der Waals surface area contributed by atoms with Crippen molar-refractivity contribution >= 4 is 70.4 Å². The van der Waals surface area contributed by atoms with E-state index in [-0.39, 0.29) is 5.41 Å². The van der Waals surface area contributed by atoms with Gasteiger partial charge in [-0.05, 0) is 84.1 Å². The van der Waals surface area contributed by atoms with E-state index in [1.807, 2.05) is 11.3 Å². The first-order valence-corrected chi connectivity index (χ1v) is 18.3. The van der Waals surface area contributed by atoms with Gasteiger partial charge in [-0.2, -0.15) is 0 Å². The summed E-state index contributed by atoms with van der Waals surface area (Å²) in [6.45, 7) is 9.36. The fourth-order valence-electron chi connectivity index (χ4n) is 8.76. The molecule has 3 heterocycles. The number of rotatable bonds is 3. The van der Waals surface area contributed by atoms with Crippen LogP contribution in [0.5, 0.6) is 0 Å². The smallest absolute Gasteiger partial charge is 0.0640 e. The molecule has 1 aliphatic heterocycles. The molecule has 0 fully saturated rings. The summed E-state index contributed by atoms with van der Waals surface area (Å²) in [5, 5.41) is 5.25. The van der Waals surface area contributed by atoms with Crippen molar-refractivity contribution in [1.82, 2.24) is 4.57 Å². The average Bonchev–Trinajstić information content (AvgIpc) is 3.68. The molecule has 7 aromatic carbocycles. The van der Waals surface area contributed by atoms with Gasteiger partial charge in [0.05, 0.1) is 32.8 Å². The minimum atomic E-state index is -0.292. The molecule has 0 radical (unpaired) electrons. The van der Waals surface area contributed by atoms with Crippen LogP contribution in [-0.2, 0) is 5.41 Å². The first-order chi connectivity index (χ1) is 24.4. The Labute approximate surface area is 296 Å². The Hall–Kier alpha value is -5.64. The Morgan fingerprint density at radius 1 is 0.540 bits per heavy atom. The second-order valence-corrected chi connectivity index (χ2v) is 15.3. The predicted molar refractivity (Wildman–Crippen MR) is 215 cm³/mol. The lowest BCUT2D eigenvalue weighted by Gasteiger charge is -2.44. The molecule has 0 unspecified atom stereocenters. The number of para-hydroxylation sites is 2. The number of thiophene rings is 1. The maximum atomic E-state index is 2.54. The van der Waals surface area contributed by atoms with E-state index < -0.39 is 0 Å². The number of hydrogen-bond acceptors (Lipinski definition) is 2. The summed E-state index contributed by atoms with van der Waals surface area (Å²) in [7, 11) is 0. The summed E-state index contributed by atoms with van der Waals surface area (Å²) >= 11 is 1.89. The largest absolute Gasteiger partial charge is 0.309 e. The van der Waals surface area contributed by atoms with Crippen LogP contribution in [0.15, 0.2) is 146 Å². The van der Waals surface area contributed by atoms with Crippen LogP contribution in [0.4, 0.5) is 17.1 Å². The summed E-state index contributed by atoms with van der Waals surface area (Å²) in [6.07, 6.45) is 0. The van der Waals surface area contributed by atoms with E-state index in [1.54, 1.807) is 0 Å². The second kappa shape index (κ2) is 10.7. The van der Waals surface area contributed by atoms with E-state index in [0.29, 0.717) is 0 Å². The number of fused-ring (bicyclic) bond motifs is 9. The molecule has 0 saturated heterocycles. The maximum absolute atomic E-state index is 2.54. The fourth-order valence-corrected chi connectivity index (χ4v) is 9.97. The molecule has 0 spiro atoms. The topological polar surface area (TPSA) is 8.17 Å². The third-order valence-corrected chi connectivity index (χ3v) is 12.2. The van der Waals surface area contributed by atoms with E-state index in [1.165, 1.54) is 98.1 Å². The monoisotopic (exact) mass is 660 g/mol. The van der Waals surface area contributed by atoms with Crippen LogP contribution in [0.1, 0.15) is 36.1 Å². The van der Waals surface area contributed by atoms with Crippen LogP contribution in [-0.4, -0.2) is 4.57 Å². The van der Waals surface area contributed by atoms with E-state index in [0.717, 1.165) is 0 Å². The summed E-state index contributed by atoms with van der Waals surface area (Å²) in [5.74, 6) is 0. The Kier molecular flexibility index (Phi) is 6.26. The highest BCUT2D eigenvalue weighted by molar-refractivity contribution is 7.26. The van der Waals surface area contributed by atoms with E-state index in [9.17, 15) is 0 Å². The van der Waals surface area contributed by atoms with Crippen molar-refractivity contribution in [2.75, 3.05) is 4.90 Å². The van der Waals surface area contributed by atoms with Gasteiger partial charge in [-0.3, -0.25) is 0 Å².